The number of nitrogens with one attached hydrogen (secondary N) is 1. The van der Waals surface area contributed by atoms with Gasteiger partial charge in [-0.1, -0.05) is 11.6 Å². The Labute approximate surface area is 159 Å². The van der Waals surface area contributed by atoms with E-state index in [9.17, 15) is 26.3 Å². The second-order valence-corrected chi connectivity index (χ2v) is 6.08. The Morgan fingerprint density at radius 2 is 1.57 bits per heavy atom. The first-order valence-electron chi connectivity index (χ1n) is 7.78. The van der Waals surface area contributed by atoms with Crippen LogP contribution in [-0.2, 0) is 6.42 Å². The van der Waals surface area contributed by atoms with Crippen molar-refractivity contribution in [2.45, 2.75) is 12.6 Å². The fourth-order valence-electron chi connectivity index (χ4n) is 2.43. The minimum atomic E-state index is -4.57. The van der Waals surface area contributed by atoms with Gasteiger partial charge in [-0.2, -0.15) is 23.1 Å². The van der Waals surface area contributed by atoms with E-state index in [0.29, 0.717) is 12.1 Å². The van der Waals surface area contributed by atoms with Crippen molar-refractivity contribution in [2.75, 3.05) is 11.9 Å². The lowest BCUT2D eigenvalue weighted by Gasteiger charge is -2.16. The summed E-state index contributed by atoms with van der Waals surface area (Å²) >= 11 is 6.08. The van der Waals surface area contributed by atoms with Crippen LogP contribution in [0, 0.1) is 17.5 Å². The highest BCUT2D eigenvalue weighted by Crippen LogP contribution is 2.29. The van der Waals surface area contributed by atoms with Gasteiger partial charge in [0.2, 0.25) is 5.95 Å². The van der Waals surface area contributed by atoms with Crippen molar-refractivity contribution in [3.63, 3.8) is 0 Å². The number of benzene rings is 1. The molecular formula is C17H11ClF6N4. The molecular weight excluding hydrogens is 410 g/mol. The first-order valence-corrected chi connectivity index (χ1v) is 8.15. The summed E-state index contributed by atoms with van der Waals surface area (Å²) in [6.45, 7) is -1.45. The van der Waals surface area contributed by atoms with Crippen LogP contribution >= 0.6 is 11.6 Å². The molecule has 0 bridgehead atoms. The predicted molar refractivity (Wildman–Crippen MR) is 90.0 cm³/mol. The maximum absolute atomic E-state index is 14.0. The predicted octanol–water partition coefficient (Wildman–Crippen LogP) is 4.90. The van der Waals surface area contributed by atoms with Gasteiger partial charge in [-0.3, -0.25) is 4.57 Å². The van der Waals surface area contributed by atoms with Crippen LogP contribution in [0.25, 0.3) is 5.95 Å². The number of anilines is 1. The molecule has 11 heteroatoms. The summed E-state index contributed by atoms with van der Waals surface area (Å²) in [5, 5.41) is 1.77. The molecule has 1 N–H and O–H groups in total. The molecule has 2 aromatic heterocycles. The van der Waals surface area contributed by atoms with Gasteiger partial charge in [0.25, 0.3) is 0 Å². The molecule has 1 aromatic carbocycles. The van der Waals surface area contributed by atoms with E-state index >= 15 is 0 Å². The lowest BCUT2D eigenvalue weighted by molar-refractivity contribution is -0.115. The molecule has 0 unspecified atom stereocenters. The second kappa shape index (κ2) is 7.70. The standard InChI is InChI=1S/C17H11ClF6N4/c18-14-11(7-10-12(20)5-9(19)6-13(10)21)15(25-8-17(22,23)24)27-16(26-14)28-3-1-2-4-28/h1-6H,7-8H2,(H,25,26,27). The van der Waals surface area contributed by atoms with E-state index < -0.39 is 42.2 Å². The van der Waals surface area contributed by atoms with Crippen LogP contribution in [0.2, 0.25) is 5.15 Å². The average Bonchev–Trinajstić information content (AvgIpc) is 3.11. The van der Waals surface area contributed by atoms with Crippen molar-refractivity contribution in [2.24, 2.45) is 0 Å². The Bertz CT molecular complexity index is 965. The van der Waals surface area contributed by atoms with Crippen LogP contribution < -0.4 is 5.32 Å². The third-order valence-electron chi connectivity index (χ3n) is 3.70. The average molecular weight is 421 g/mol. The minimum Gasteiger partial charge on any atom is -0.361 e. The van der Waals surface area contributed by atoms with E-state index in [1.807, 2.05) is 0 Å². The molecule has 28 heavy (non-hydrogen) atoms. The topological polar surface area (TPSA) is 42.7 Å². The fourth-order valence-corrected chi connectivity index (χ4v) is 2.67. The van der Waals surface area contributed by atoms with Crippen molar-refractivity contribution in [1.29, 1.82) is 0 Å². The summed E-state index contributed by atoms with van der Waals surface area (Å²) in [4.78, 5) is 7.96. The molecule has 2 heterocycles. The van der Waals surface area contributed by atoms with E-state index in [1.54, 1.807) is 12.1 Å². The molecule has 0 atom stereocenters. The first-order chi connectivity index (χ1) is 13.1. The minimum absolute atomic E-state index is 0.0384. The van der Waals surface area contributed by atoms with Gasteiger partial charge < -0.3 is 5.32 Å². The summed E-state index contributed by atoms with van der Waals surface area (Å²) < 4.78 is 80.4. The quantitative estimate of drug-likeness (QED) is 0.471. The van der Waals surface area contributed by atoms with E-state index in [4.69, 9.17) is 11.6 Å². The Balaban J connectivity index is 2.06. The van der Waals surface area contributed by atoms with Crippen molar-refractivity contribution in [3.05, 3.63) is 70.4 Å². The molecule has 0 spiro atoms. The molecule has 0 aliphatic carbocycles. The number of hydrogen-bond donors (Lipinski definition) is 1. The summed E-state index contributed by atoms with van der Waals surface area (Å²) in [6, 6.07) is 4.20. The number of halogens is 7. The summed E-state index contributed by atoms with van der Waals surface area (Å²) in [5.41, 5.74) is -0.734. The fraction of sp³-hybridized carbons (Fsp3) is 0.176. The van der Waals surface area contributed by atoms with Crippen molar-refractivity contribution in [3.8, 4) is 5.95 Å². The highest BCUT2D eigenvalue weighted by molar-refractivity contribution is 6.30. The van der Waals surface area contributed by atoms with Crippen LogP contribution in [-0.4, -0.2) is 27.3 Å². The molecule has 4 nitrogen and oxygen atoms in total. The van der Waals surface area contributed by atoms with E-state index in [2.05, 4.69) is 15.3 Å². The van der Waals surface area contributed by atoms with Gasteiger partial charge >= 0.3 is 6.18 Å². The van der Waals surface area contributed by atoms with Gasteiger partial charge in [0, 0.05) is 42.1 Å². The van der Waals surface area contributed by atoms with Crippen LogP contribution in [0.3, 0.4) is 0 Å². The molecule has 148 valence electrons. The molecule has 0 saturated heterocycles. The number of aromatic nitrogens is 3. The zero-order valence-electron chi connectivity index (χ0n) is 13.9. The van der Waals surface area contributed by atoms with Crippen molar-refractivity contribution < 1.29 is 26.3 Å². The lowest BCUT2D eigenvalue weighted by Crippen LogP contribution is -2.23. The largest absolute Gasteiger partial charge is 0.405 e. The maximum atomic E-state index is 14.0. The molecule has 0 aliphatic heterocycles. The van der Waals surface area contributed by atoms with Gasteiger partial charge in [0.15, 0.2) is 0 Å². The first kappa shape index (κ1) is 20.0. The van der Waals surface area contributed by atoms with E-state index in [-0.39, 0.29) is 22.5 Å². The highest BCUT2D eigenvalue weighted by Gasteiger charge is 2.28. The van der Waals surface area contributed by atoms with Crippen LogP contribution in [0.4, 0.5) is 32.2 Å². The highest BCUT2D eigenvalue weighted by atomic mass is 35.5. The Morgan fingerprint density at radius 1 is 0.964 bits per heavy atom. The lowest BCUT2D eigenvalue weighted by atomic mass is 10.1. The molecule has 3 rings (SSSR count). The number of hydrogen-bond acceptors (Lipinski definition) is 3. The van der Waals surface area contributed by atoms with Crippen molar-refractivity contribution in [1.82, 2.24) is 14.5 Å². The third-order valence-corrected chi connectivity index (χ3v) is 4.01. The van der Waals surface area contributed by atoms with Crippen LogP contribution in [0.5, 0.6) is 0 Å². The second-order valence-electron chi connectivity index (χ2n) is 5.73. The summed E-state index contributed by atoms with van der Waals surface area (Å²) in [6.07, 6.45) is -2.08. The summed E-state index contributed by atoms with van der Waals surface area (Å²) in [5.74, 6) is -3.92. The molecule has 3 aromatic rings. The van der Waals surface area contributed by atoms with Gasteiger partial charge in [-0.15, -0.1) is 0 Å². The molecule has 0 fully saturated rings. The molecule has 0 saturated carbocycles. The Morgan fingerprint density at radius 3 is 2.14 bits per heavy atom. The van der Waals surface area contributed by atoms with Crippen LogP contribution in [0.1, 0.15) is 11.1 Å². The number of nitrogens with zero attached hydrogens (tertiary/aromatic N) is 3. The van der Waals surface area contributed by atoms with Gasteiger partial charge in [0.1, 0.15) is 35.0 Å². The SMILES string of the molecule is Fc1cc(F)c(Cc2c(Cl)nc(-n3cccc3)nc2NCC(F)(F)F)c(F)c1. The van der Waals surface area contributed by atoms with Gasteiger partial charge in [0.05, 0.1) is 0 Å². The smallest absolute Gasteiger partial charge is 0.361 e. The monoisotopic (exact) mass is 420 g/mol. The van der Waals surface area contributed by atoms with E-state index in [1.165, 1.54) is 17.0 Å². The van der Waals surface area contributed by atoms with Crippen molar-refractivity contribution >= 4 is 17.4 Å². The Hall–Kier alpha value is -2.75. The Kier molecular flexibility index (Phi) is 5.50. The maximum Gasteiger partial charge on any atom is 0.405 e. The molecule has 0 amide bonds. The van der Waals surface area contributed by atoms with Crippen LogP contribution in [0.15, 0.2) is 36.7 Å². The van der Waals surface area contributed by atoms with E-state index in [0.717, 1.165) is 0 Å². The van der Waals surface area contributed by atoms with Gasteiger partial charge in [-0.05, 0) is 12.1 Å². The van der Waals surface area contributed by atoms with Gasteiger partial charge in [-0.25, -0.2) is 13.2 Å². The third kappa shape index (κ3) is 4.56. The zero-order chi connectivity index (χ0) is 20.5. The zero-order valence-corrected chi connectivity index (χ0v) is 14.6. The molecule has 0 radical (unpaired) electrons. The summed E-state index contributed by atoms with van der Waals surface area (Å²) in [7, 11) is 0. The number of alkyl halides is 3. The number of rotatable bonds is 5. The normalized spacial score (nSPS) is 11.7. The molecule has 0 aliphatic rings.